The standard InChI is InChI=1S/C29H29N5O6/c1-32-16-20(15-18-5-9-21(10-6-18)33(36)37)26-23(17-32)24(19-7-11-22(12-8-19)34(38)39)25-27(35)30-29(31-28(25)40-26)13-3-2-4-14-29/h5-12,15,24,31H,2-4,13-14,16-17H2,1H3,(H,30,35)/b20-15-. The minimum atomic E-state index is -0.569. The molecule has 40 heavy (non-hydrogen) atoms. The van der Waals surface area contributed by atoms with Crippen LogP contribution in [0.5, 0.6) is 0 Å². The van der Waals surface area contributed by atoms with Crippen LogP contribution in [-0.4, -0.2) is 46.5 Å². The quantitative estimate of drug-likeness (QED) is 0.425. The predicted octanol–water partition coefficient (Wildman–Crippen LogP) is 4.49. The molecule has 206 valence electrons. The van der Waals surface area contributed by atoms with Gasteiger partial charge in [-0.05, 0) is 67.6 Å². The molecule has 11 heteroatoms. The highest BCUT2D eigenvalue weighted by Crippen LogP contribution is 2.47. The zero-order valence-corrected chi connectivity index (χ0v) is 22.0. The molecule has 1 amide bonds. The number of likely N-dealkylation sites (N-methyl/N-ethyl adjacent to an activating group) is 1. The maximum Gasteiger partial charge on any atom is 0.269 e. The fourth-order valence-electron chi connectivity index (χ4n) is 6.23. The van der Waals surface area contributed by atoms with Crippen molar-refractivity contribution in [2.45, 2.75) is 43.7 Å². The highest BCUT2D eigenvalue weighted by atomic mass is 16.6. The molecule has 1 fully saturated rings. The zero-order chi connectivity index (χ0) is 28.0. The molecule has 1 spiro atoms. The Bertz CT molecular complexity index is 1490. The number of nitrogens with zero attached hydrogens (tertiary/aromatic N) is 3. The average Bonchev–Trinajstić information content (AvgIpc) is 2.93. The molecule has 4 aliphatic rings. The average molecular weight is 544 g/mol. The summed E-state index contributed by atoms with van der Waals surface area (Å²) in [7, 11) is 1.97. The summed E-state index contributed by atoms with van der Waals surface area (Å²) in [4.78, 5) is 37.5. The molecule has 1 unspecified atom stereocenters. The molecular formula is C29H29N5O6. The highest BCUT2D eigenvalue weighted by molar-refractivity contribution is 5.98. The Kier molecular flexibility index (Phi) is 6.38. The van der Waals surface area contributed by atoms with Crippen molar-refractivity contribution >= 4 is 23.4 Å². The minimum Gasteiger partial charge on any atom is -0.440 e. The summed E-state index contributed by atoms with van der Waals surface area (Å²) in [6.45, 7) is 1.10. The zero-order valence-electron chi connectivity index (χ0n) is 22.0. The van der Waals surface area contributed by atoms with Gasteiger partial charge in [0, 0.05) is 48.8 Å². The van der Waals surface area contributed by atoms with Crippen LogP contribution in [-0.2, 0) is 9.53 Å². The van der Waals surface area contributed by atoms with Crippen molar-refractivity contribution in [1.29, 1.82) is 0 Å². The van der Waals surface area contributed by atoms with Crippen LogP contribution in [0.4, 0.5) is 11.4 Å². The Morgan fingerprint density at radius 2 is 1.55 bits per heavy atom. The van der Waals surface area contributed by atoms with Gasteiger partial charge < -0.3 is 15.4 Å². The summed E-state index contributed by atoms with van der Waals surface area (Å²) in [5.41, 5.74) is 3.19. The smallest absolute Gasteiger partial charge is 0.269 e. The number of ether oxygens (including phenoxy) is 1. The Morgan fingerprint density at radius 1 is 0.925 bits per heavy atom. The first kappa shape index (κ1) is 25.8. The molecule has 0 bridgehead atoms. The second kappa shape index (κ2) is 9.91. The molecule has 0 radical (unpaired) electrons. The van der Waals surface area contributed by atoms with Gasteiger partial charge in [0.25, 0.3) is 17.3 Å². The Balaban J connectivity index is 1.47. The molecule has 2 N–H and O–H groups in total. The lowest BCUT2D eigenvalue weighted by molar-refractivity contribution is -0.385. The lowest BCUT2D eigenvalue weighted by Crippen LogP contribution is -2.64. The third-order valence-corrected chi connectivity index (χ3v) is 8.09. The fourth-order valence-corrected chi connectivity index (χ4v) is 6.23. The number of rotatable bonds is 4. The SMILES string of the molecule is CN1CC2=C(OC3=C(C(=O)NC4(CCCCC4)N3)C2c2ccc([N+](=O)[O-])cc2)/C(=C\c2ccc([N+](=O)[O-])cc2)C1. The van der Waals surface area contributed by atoms with Crippen LogP contribution in [0.3, 0.4) is 0 Å². The molecule has 3 heterocycles. The molecule has 6 rings (SSSR count). The summed E-state index contributed by atoms with van der Waals surface area (Å²) < 4.78 is 6.58. The molecular weight excluding hydrogens is 514 g/mol. The van der Waals surface area contributed by atoms with Gasteiger partial charge in [-0.3, -0.25) is 29.9 Å². The fraction of sp³-hybridized carbons (Fsp3) is 0.345. The van der Waals surface area contributed by atoms with Gasteiger partial charge in [-0.1, -0.05) is 18.6 Å². The van der Waals surface area contributed by atoms with E-state index in [1.165, 1.54) is 24.3 Å². The minimum absolute atomic E-state index is 0.0139. The summed E-state index contributed by atoms with van der Waals surface area (Å²) in [6, 6.07) is 12.7. The van der Waals surface area contributed by atoms with E-state index >= 15 is 0 Å². The number of non-ortho nitro benzene ring substituents is 2. The maximum atomic E-state index is 13.8. The van der Waals surface area contributed by atoms with Crippen LogP contribution in [0, 0.1) is 20.2 Å². The summed E-state index contributed by atoms with van der Waals surface area (Å²) in [5.74, 6) is 0.411. The Morgan fingerprint density at radius 3 is 2.17 bits per heavy atom. The number of hydrogen-bond donors (Lipinski definition) is 2. The lowest BCUT2D eigenvalue weighted by atomic mass is 9.77. The van der Waals surface area contributed by atoms with E-state index in [4.69, 9.17) is 4.74 Å². The monoisotopic (exact) mass is 543 g/mol. The van der Waals surface area contributed by atoms with E-state index in [0.29, 0.717) is 30.3 Å². The van der Waals surface area contributed by atoms with Gasteiger partial charge >= 0.3 is 0 Å². The first-order chi connectivity index (χ1) is 19.2. The number of amides is 1. The number of carbonyl (C=O) groups is 1. The first-order valence-corrected chi connectivity index (χ1v) is 13.4. The van der Waals surface area contributed by atoms with Crippen LogP contribution < -0.4 is 10.6 Å². The summed E-state index contributed by atoms with van der Waals surface area (Å²) >= 11 is 0. The van der Waals surface area contributed by atoms with Crippen LogP contribution in [0.2, 0.25) is 0 Å². The van der Waals surface area contributed by atoms with Crippen LogP contribution >= 0.6 is 0 Å². The lowest BCUT2D eigenvalue weighted by Gasteiger charge is -2.47. The van der Waals surface area contributed by atoms with Crippen molar-refractivity contribution in [3.8, 4) is 0 Å². The largest absolute Gasteiger partial charge is 0.440 e. The van der Waals surface area contributed by atoms with Gasteiger partial charge in [-0.25, -0.2) is 0 Å². The Labute approximate surface area is 230 Å². The number of nitro groups is 2. The van der Waals surface area contributed by atoms with E-state index in [9.17, 15) is 25.0 Å². The third kappa shape index (κ3) is 4.62. The normalized spacial score (nSPS) is 23.2. The number of hydrogen-bond acceptors (Lipinski definition) is 8. The van der Waals surface area contributed by atoms with Crippen molar-refractivity contribution in [2.75, 3.05) is 20.1 Å². The van der Waals surface area contributed by atoms with E-state index in [2.05, 4.69) is 15.5 Å². The van der Waals surface area contributed by atoms with E-state index < -0.39 is 21.4 Å². The molecule has 1 aliphatic carbocycles. The first-order valence-electron chi connectivity index (χ1n) is 13.4. The van der Waals surface area contributed by atoms with Gasteiger partial charge in [-0.15, -0.1) is 0 Å². The second-order valence-corrected chi connectivity index (χ2v) is 10.9. The molecule has 3 aliphatic heterocycles. The van der Waals surface area contributed by atoms with E-state index in [1.54, 1.807) is 24.3 Å². The van der Waals surface area contributed by atoms with E-state index in [1.807, 2.05) is 13.1 Å². The van der Waals surface area contributed by atoms with Gasteiger partial charge in [0.05, 0.1) is 15.4 Å². The van der Waals surface area contributed by atoms with Gasteiger partial charge in [0.15, 0.2) is 0 Å². The van der Waals surface area contributed by atoms with Gasteiger partial charge in [-0.2, -0.15) is 0 Å². The van der Waals surface area contributed by atoms with Gasteiger partial charge in [0.1, 0.15) is 11.4 Å². The molecule has 2 aromatic rings. The van der Waals surface area contributed by atoms with Crippen molar-refractivity contribution in [2.24, 2.45) is 0 Å². The van der Waals surface area contributed by atoms with Crippen molar-refractivity contribution in [3.63, 3.8) is 0 Å². The van der Waals surface area contributed by atoms with E-state index in [-0.39, 0.29) is 17.3 Å². The number of nitrogens with one attached hydrogen (secondary N) is 2. The third-order valence-electron chi connectivity index (χ3n) is 8.09. The molecule has 1 saturated carbocycles. The van der Waals surface area contributed by atoms with Crippen molar-refractivity contribution < 1.29 is 19.4 Å². The summed E-state index contributed by atoms with van der Waals surface area (Å²) in [6.07, 6.45) is 6.63. The highest BCUT2D eigenvalue weighted by Gasteiger charge is 2.47. The number of benzene rings is 2. The van der Waals surface area contributed by atoms with Crippen LogP contribution in [0.25, 0.3) is 6.08 Å². The number of nitro benzene ring substituents is 2. The summed E-state index contributed by atoms with van der Waals surface area (Å²) in [5, 5.41) is 29.2. The molecule has 2 aromatic carbocycles. The van der Waals surface area contributed by atoms with Crippen molar-refractivity contribution in [3.05, 3.63) is 108 Å². The van der Waals surface area contributed by atoms with E-state index in [0.717, 1.165) is 54.4 Å². The van der Waals surface area contributed by atoms with Crippen molar-refractivity contribution in [1.82, 2.24) is 15.5 Å². The van der Waals surface area contributed by atoms with Gasteiger partial charge in [0.2, 0.25) is 5.88 Å². The predicted molar refractivity (Wildman–Crippen MR) is 147 cm³/mol. The molecule has 0 aromatic heterocycles. The molecule has 11 nitrogen and oxygen atoms in total. The Hall–Kier alpha value is -4.51. The van der Waals surface area contributed by atoms with Crippen LogP contribution in [0.15, 0.2) is 76.9 Å². The molecule has 1 atom stereocenters. The second-order valence-electron chi connectivity index (χ2n) is 10.9. The topological polar surface area (TPSA) is 140 Å². The van der Waals surface area contributed by atoms with Crippen LogP contribution in [0.1, 0.15) is 49.1 Å². The maximum absolute atomic E-state index is 13.8. The molecule has 0 saturated heterocycles. The number of carbonyl (C=O) groups excluding carboxylic acids is 1.